The van der Waals surface area contributed by atoms with E-state index in [4.69, 9.17) is 10.2 Å². The van der Waals surface area contributed by atoms with Gasteiger partial charge in [0, 0.05) is 35.1 Å². The summed E-state index contributed by atoms with van der Waals surface area (Å²) in [7, 11) is 4.15. The predicted octanol–water partition coefficient (Wildman–Crippen LogP) is 11.7. The summed E-state index contributed by atoms with van der Waals surface area (Å²) in [6.45, 7) is 4.49. The van der Waals surface area contributed by atoms with Crippen molar-refractivity contribution in [2.75, 3.05) is 19.0 Å². The van der Waals surface area contributed by atoms with Gasteiger partial charge < -0.3 is 4.90 Å². The van der Waals surface area contributed by atoms with Crippen LogP contribution >= 0.6 is 22.7 Å². The topological polar surface area (TPSA) is 29.0 Å². The van der Waals surface area contributed by atoms with Crippen LogP contribution in [0.25, 0.3) is 53.2 Å². The van der Waals surface area contributed by atoms with Crippen LogP contribution in [0.4, 0.5) is 5.69 Å². The lowest BCUT2D eigenvalue weighted by Gasteiger charge is -2.14. The summed E-state index contributed by atoms with van der Waals surface area (Å²) in [4.78, 5) is 6.87. The zero-order valence-corrected chi connectivity index (χ0v) is 28.3. The van der Waals surface area contributed by atoms with E-state index >= 15 is 0 Å². The second-order valence-electron chi connectivity index (χ2n) is 11.9. The summed E-state index contributed by atoms with van der Waals surface area (Å²) in [5, 5.41) is 9.69. The molecule has 3 aromatic heterocycles. The molecule has 45 heavy (non-hydrogen) atoms. The highest BCUT2D eigenvalue weighted by atomic mass is 32.1. The Labute approximate surface area is 276 Å². The molecule has 3 aromatic carbocycles. The summed E-state index contributed by atoms with van der Waals surface area (Å²) in [6, 6.07) is 37.8. The van der Waals surface area contributed by atoms with Crippen molar-refractivity contribution in [2.24, 2.45) is 0 Å². The summed E-state index contributed by atoms with van der Waals surface area (Å²) in [5.41, 5.74) is 10.6. The summed E-state index contributed by atoms with van der Waals surface area (Å²) in [6.07, 6.45) is 7.19. The van der Waals surface area contributed by atoms with Crippen molar-refractivity contribution in [3.63, 3.8) is 0 Å². The van der Waals surface area contributed by atoms with E-state index in [1.807, 2.05) is 0 Å². The van der Waals surface area contributed by atoms with Crippen molar-refractivity contribution in [1.82, 2.24) is 10.2 Å². The molecule has 0 aliphatic rings. The molecule has 0 amide bonds. The number of hydrogen-bond acceptors (Lipinski definition) is 5. The highest BCUT2D eigenvalue weighted by molar-refractivity contribution is 7.19. The van der Waals surface area contributed by atoms with Crippen LogP contribution < -0.4 is 4.90 Å². The average Bonchev–Trinajstić information content (AvgIpc) is 3.78. The molecule has 0 aliphatic heterocycles. The first kappa shape index (κ1) is 30.9. The van der Waals surface area contributed by atoms with Crippen molar-refractivity contribution in [3.8, 4) is 53.2 Å². The number of unbranched alkanes of at least 4 members (excludes halogenated alkanes) is 2. The molecule has 0 unspecified atom stereocenters. The standard InChI is InChI=1S/C40H41N3S2/c1-5-7-9-28-11-15-31(16-12-28)36-23-25-38(44-36)35-27-34(30-19-21-33(22-20-30)43(3)4)40(42-41-35)39-26-24-37(45-39)32-17-13-29(14-18-32)10-8-6-2/h11-27H,5-10H2,1-4H3. The molecule has 0 atom stereocenters. The fourth-order valence-electron chi connectivity index (χ4n) is 5.54. The lowest BCUT2D eigenvalue weighted by molar-refractivity contribution is 0.795. The summed E-state index contributed by atoms with van der Waals surface area (Å²) >= 11 is 3.56. The monoisotopic (exact) mass is 627 g/mol. The lowest BCUT2D eigenvalue weighted by Crippen LogP contribution is -2.07. The van der Waals surface area contributed by atoms with Crippen LogP contribution in [0.15, 0.2) is 103 Å². The third-order valence-corrected chi connectivity index (χ3v) is 10.6. The van der Waals surface area contributed by atoms with Crippen molar-refractivity contribution in [3.05, 3.63) is 114 Å². The molecule has 6 aromatic rings. The number of thiophene rings is 2. The van der Waals surface area contributed by atoms with Gasteiger partial charge in [-0.3, -0.25) is 0 Å². The molecular formula is C40H41N3S2. The second-order valence-corrected chi connectivity index (χ2v) is 14.0. The highest BCUT2D eigenvalue weighted by Gasteiger charge is 2.17. The fraction of sp³-hybridized carbons (Fsp3) is 0.250. The van der Waals surface area contributed by atoms with Gasteiger partial charge >= 0.3 is 0 Å². The van der Waals surface area contributed by atoms with Crippen molar-refractivity contribution in [1.29, 1.82) is 0 Å². The van der Waals surface area contributed by atoms with Crippen LogP contribution in [0.3, 0.4) is 0 Å². The molecule has 5 heteroatoms. The van der Waals surface area contributed by atoms with Crippen LogP contribution in [0, 0.1) is 0 Å². The minimum atomic E-state index is 0.903. The van der Waals surface area contributed by atoms with Crippen LogP contribution in [0.5, 0.6) is 0 Å². The van der Waals surface area contributed by atoms with Gasteiger partial charge in [0.15, 0.2) is 0 Å². The average molecular weight is 628 g/mol. The van der Waals surface area contributed by atoms with Gasteiger partial charge in [-0.1, -0.05) is 87.4 Å². The maximum atomic E-state index is 4.89. The van der Waals surface area contributed by atoms with Crippen LogP contribution in [-0.2, 0) is 12.8 Å². The Morgan fingerprint density at radius 2 is 1.02 bits per heavy atom. The maximum Gasteiger partial charge on any atom is 0.111 e. The highest BCUT2D eigenvalue weighted by Crippen LogP contribution is 2.41. The molecule has 0 spiro atoms. The molecule has 3 heterocycles. The number of aromatic nitrogens is 2. The van der Waals surface area contributed by atoms with E-state index in [-0.39, 0.29) is 0 Å². The zero-order chi connectivity index (χ0) is 31.2. The van der Waals surface area contributed by atoms with Gasteiger partial charge in [-0.25, -0.2) is 0 Å². The molecule has 0 radical (unpaired) electrons. The molecule has 0 aliphatic carbocycles. The Kier molecular flexibility index (Phi) is 9.88. The van der Waals surface area contributed by atoms with Crippen molar-refractivity contribution >= 4 is 28.4 Å². The van der Waals surface area contributed by atoms with Crippen molar-refractivity contribution < 1.29 is 0 Å². The number of rotatable bonds is 12. The van der Waals surface area contributed by atoms with Gasteiger partial charge in [-0.15, -0.1) is 32.9 Å². The Morgan fingerprint density at radius 1 is 0.533 bits per heavy atom. The molecule has 0 fully saturated rings. The molecule has 0 N–H and O–H groups in total. The van der Waals surface area contributed by atoms with Crippen LogP contribution in [0.2, 0.25) is 0 Å². The predicted molar refractivity (Wildman–Crippen MR) is 197 cm³/mol. The largest absolute Gasteiger partial charge is 0.378 e. The molecule has 6 rings (SSSR count). The Morgan fingerprint density at radius 3 is 1.56 bits per heavy atom. The van der Waals surface area contributed by atoms with E-state index in [0.717, 1.165) is 45.1 Å². The third-order valence-electron chi connectivity index (χ3n) is 8.30. The van der Waals surface area contributed by atoms with Crippen molar-refractivity contribution in [2.45, 2.75) is 52.4 Å². The van der Waals surface area contributed by atoms with Gasteiger partial charge in [0.05, 0.1) is 9.75 Å². The number of benzene rings is 3. The molecule has 228 valence electrons. The fourth-order valence-corrected chi connectivity index (χ4v) is 7.52. The maximum absolute atomic E-state index is 4.89. The van der Waals surface area contributed by atoms with Gasteiger partial charge in [0.1, 0.15) is 11.4 Å². The number of aryl methyl sites for hydroxylation is 2. The van der Waals surface area contributed by atoms with Gasteiger partial charge in [0.25, 0.3) is 0 Å². The number of nitrogens with zero attached hydrogens (tertiary/aromatic N) is 3. The Balaban J connectivity index is 1.33. The molecular weight excluding hydrogens is 587 g/mol. The van der Waals surface area contributed by atoms with Crippen LogP contribution in [0.1, 0.15) is 50.7 Å². The minimum absolute atomic E-state index is 0.903. The SMILES string of the molecule is CCCCc1ccc(-c2ccc(-c3cc(-c4ccc(N(C)C)cc4)c(-c4ccc(-c5ccc(CCCC)cc5)s4)nn3)s2)cc1. The van der Waals surface area contributed by atoms with Gasteiger partial charge in [0.2, 0.25) is 0 Å². The molecule has 0 bridgehead atoms. The first-order chi connectivity index (χ1) is 22.0. The minimum Gasteiger partial charge on any atom is -0.378 e. The van der Waals surface area contributed by atoms with E-state index in [1.165, 1.54) is 63.4 Å². The first-order valence-electron chi connectivity index (χ1n) is 16.1. The second kappa shape index (κ2) is 14.4. The Hall–Kier alpha value is -4.06. The first-order valence-corrected chi connectivity index (χ1v) is 17.7. The van der Waals surface area contributed by atoms with E-state index in [0.29, 0.717) is 0 Å². The number of hydrogen-bond donors (Lipinski definition) is 0. The third kappa shape index (κ3) is 7.27. The van der Waals surface area contributed by atoms with Gasteiger partial charge in [-0.05, 0) is 96.0 Å². The van der Waals surface area contributed by atoms with E-state index in [9.17, 15) is 0 Å². The summed E-state index contributed by atoms with van der Waals surface area (Å²) < 4.78 is 0. The lowest BCUT2D eigenvalue weighted by atomic mass is 10.0. The number of anilines is 1. The normalized spacial score (nSPS) is 11.2. The smallest absolute Gasteiger partial charge is 0.111 e. The van der Waals surface area contributed by atoms with Gasteiger partial charge in [-0.2, -0.15) is 0 Å². The molecule has 0 saturated heterocycles. The van der Waals surface area contributed by atoms with E-state index < -0.39 is 0 Å². The molecule has 3 nitrogen and oxygen atoms in total. The van der Waals surface area contributed by atoms with Crippen LogP contribution in [-0.4, -0.2) is 24.3 Å². The Bertz CT molecular complexity index is 1830. The zero-order valence-electron chi connectivity index (χ0n) is 26.7. The quantitative estimate of drug-likeness (QED) is 0.135. The van der Waals surface area contributed by atoms with E-state index in [1.54, 1.807) is 22.7 Å². The summed E-state index contributed by atoms with van der Waals surface area (Å²) in [5.74, 6) is 0. The molecule has 0 saturated carbocycles. The van der Waals surface area contributed by atoms with E-state index in [2.05, 4.69) is 136 Å².